The predicted molar refractivity (Wildman–Crippen MR) is 114 cm³/mol. The Kier molecular flexibility index (Phi) is 10.5. The van der Waals surface area contributed by atoms with Crippen LogP contribution in [0.15, 0.2) is 48.5 Å². The molecule has 0 saturated carbocycles. The summed E-state index contributed by atoms with van der Waals surface area (Å²) in [5.74, 6) is 0.932. The number of benzene rings is 2. The fraction of sp³-hybridized carbons (Fsp3) is 0.435. The summed E-state index contributed by atoms with van der Waals surface area (Å²) in [4.78, 5) is 7.98. The van der Waals surface area contributed by atoms with Gasteiger partial charge in [0.1, 0.15) is 5.82 Å². The molecule has 1 N–H and O–H groups in total. The number of fused-ring (bicyclic) bond motifs is 1. The van der Waals surface area contributed by atoms with E-state index in [1.807, 2.05) is 59.7 Å². The Labute approximate surface area is 154 Å². The van der Waals surface area contributed by atoms with Crippen LogP contribution >= 0.6 is 0 Å². The number of H-pyrrole nitrogens is 1. The van der Waals surface area contributed by atoms with Gasteiger partial charge in [-0.05, 0) is 23.1 Å². The third-order valence-corrected chi connectivity index (χ3v) is 3.41. The molecule has 138 valence electrons. The molecule has 0 atom stereocenters. The molecular formula is C23H36N2. The molecule has 3 aromatic rings. The third-order valence-electron chi connectivity index (χ3n) is 3.41. The molecule has 0 fully saturated rings. The molecule has 2 heteroatoms. The highest BCUT2D eigenvalue weighted by molar-refractivity contribution is 5.79. The van der Waals surface area contributed by atoms with Gasteiger partial charge in [0.2, 0.25) is 0 Å². The van der Waals surface area contributed by atoms with Gasteiger partial charge in [-0.25, -0.2) is 4.98 Å². The first-order valence-corrected chi connectivity index (χ1v) is 9.60. The van der Waals surface area contributed by atoms with Gasteiger partial charge in [0, 0.05) is 5.56 Å². The molecule has 2 aromatic carbocycles. The van der Waals surface area contributed by atoms with E-state index in [1.54, 1.807) is 0 Å². The number of rotatable bonds is 1. The Morgan fingerprint density at radius 2 is 1.24 bits per heavy atom. The van der Waals surface area contributed by atoms with Crippen LogP contribution in [-0.2, 0) is 5.41 Å². The maximum absolute atomic E-state index is 4.62. The molecule has 0 amide bonds. The van der Waals surface area contributed by atoms with E-state index in [-0.39, 0.29) is 5.41 Å². The van der Waals surface area contributed by atoms with E-state index in [1.165, 1.54) is 5.56 Å². The number of imidazole rings is 1. The van der Waals surface area contributed by atoms with Crippen molar-refractivity contribution in [2.45, 2.75) is 67.7 Å². The lowest BCUT2D eigenvalue weighted by atomic mass is 9.87. The van der Waals surface area contributed by atoms with Gasteiger partial charge < -0.3 is 4.98 Å². The highest BCUT2D eigenvalue weighted by Crippen LogP contribution is 2.26. The van der Waals surface area contributed by atoms with Crippen molar-refractivity contribution < 1.29 is 0 Å². The molecule has 3 rings (SSSR count). The lowest BCUT2D eigenvalue weighted by Gasteiger charge is -2.18. The zero-order chi connectivity index (χ0) is 19.5. The summed E-state index contributed by atoms with van der Waals surface area (Å²) >= 11 is 0. The molecule has 0 aliphatic carbocycles. The number of hydrogen-bond acceptors (Lipinski definition) is 1. The van der Waals surface area contributed by atoms with E-state index in [9.17, 15) is 0 Å². The summed E-state index contributed by atoms with van der Waals surface area (Å²) in [6, 6.07) is 16.7. The number of nitrogens with zero attached hydrogens (tertiary/aromatic N) is 1. The van der Waals surface area contributed by atoms with Gasteiger partial charge in [0.15, 0.2) is 0 Å². The maximum atomic E-state index is 4.62. The lowest BCUT2D eigenvalue weighted by molar-refractivity contribution is 0.590. The Morgan fingerprint density at radius 3 is 1.72 bits per heavy atom. The minimum absolute atomic E-state index is 0.187. The average Bonchev–Trinajstić information content (AvgIpc) is 3.10. The van der Waals surface area contributed by atoms with Crippen LogP contribution in [0.1, 0.15) is 67.9 Å². The summed E-state index contributed by atoms with van der Waals surface area (Å²) in [5, 5.41) is 0. The van der Waals surface area contributed by atoms with Gasteiger partial charge in [-0.1, -0.05) is 98.7 Å². The van der Waals surface area contributed by atoms with E-state index in [0.717, 1.165) is 22.4 Å². The Morgan fingerprint density at radius 1 is 0.720 bits per heavy atom. The van der Waals surface area contributed by atoms with Crippen LogP contribution in [0.5, 0.6) is 0 Å². The zero-order valence-electron chi connectivity index (χ0n) is 17.6. The molecule has 25 heavy (non-hydrogen) atoms. The van der Waals surface area contributed by atoms with E-state index >= 15 is 0 Å². The Balaban J connectivity index is 0.000000871. The number of aromatic amines is 1. The van der Waals surface area contributed by atoms with Crippen molar-refractivity contribution >= 4 is 11.0 Å². The molecule has 1 heterocycles. The van der Waals surface area contributed by atoms with E-state index in [4.69, 9.17) is 0 Å². The number of nitrogens with one attached hydrogen (secondary N) is 1. The average molecular weight is 341 g/mol. The van der Waals surface area contributed by atoms with Crippen LogP contribution in [0.2, 0.25) is 0 Å². The van der Waals surface area contributed by atoms with Gasteiger partial charge in [-0.3, -0.25) is 0 Å². The summed E-state index contributed by atoms with van der Waals surface area (Å²) in [6.07, 6.45) is 0. The van der Waals surface area contributed by atoms with E-state index in [0.29, 0.717) is 0 Å². The summed E-state index contributed by atoms with van der Waals surface area (Å²) in [5.41, 5.74) is 4.75. The minimum Gasteiger partial charge on any atom is -0.338 e. The van der Waals surface area contributed by atoms with Gasteiger partial charge >= 0.3 is 0 Å². The Bertz CT molecular complexity index is 668. The van der Waals surface area contributed by atoms with Crippen molar-refractivity contribution in [2.75, 3.05) is 0 Å². The van der Waals surface area contributed by atoms with Gasteiger partial charge in [0.25, 0.3) is 0 Å². The SMILES string of the molecule is CC.CC.CC.CC(C)(C)c1ccc(-c2nc3ccccc3[nH]2)cc1. The van der Waals surface area contributed by atoms with E-state index < -0.39 is 0 Å². The molecule has 0 saturated heterocycles. The third kappa shape index (κ3) is 6.38. The van der Waals surface area contributed by atoms with E-state index in [2.05, 4.69) is 61.1 Å². The minimum atomic E-state index is 0.187. The fourth-order valence-electron chi connectivity index (χ4n) is 2.22. The second-order valence-electron chi connectivity index (χ2n) is 5.93. The smallest absolute Gasteiger partial charge is 0.138 e. The first kappa shape index (κ1) is 22.9. The first-order chi connectivity index (χ1) is 12.0. The zero-order valence-corrected chi connectivity index (χ0v) is 17.6. The van der Waals surface area contributed by atoms with Crippen molar-refractivity contribution in [1.29, 1.82) is 0 Å². The first-order valence-electron chi connectivity index (χ1n) is 9.60. The molecule has 0 bridgehead atoms. The van der Waals surface area contributed by atoms with Crippen molar-refractivity contribution in [3.05, 3.63) is 54.1 Å². The van der Waals surface area contributed by atoms with Crippen LogP contribution in [0.4, 0.5) is 0 Å². The largest absolute Gasteiger partial charge is 0.338 e. The molecule has 0 aliphatic heterocycles. The molecule has 1 aromatic heterocycles. The van der Waals surface area contributed by atoms with Crippen molar-refractivity contribution in [3.63, 3.8) is 0 Å². The highest BCUT2D eigenvalue weighted by atomic mass is 14.9. The number of aromatic nitrogens is 2. The molecule has 0 unspecified atom stereocenters. The van der Waals surface area contributed by atoms with Gasteiger partial charge in [0.05, 0.1) is 11.0 Å². The number of para-hydroxylation sites is 2. The second-order valence-corrected chi connectivity index (χ2v) is 5.93. The molecule has 0 aliphatic rings. The summed E-state index contributed by atoms with van der Waals surface area (Å²) in [7, 11) is 0. The maximum Gasteiger partial charge on any atom is 0.138 e. The normalized spacial score (nSPS) is 9.80. The van der Waals surface area contributed by atoms with Crippen molar-refractivity contribution in [3.8, 4) is 11.4 Å². The van der Waals surface area contributed by atoms with Crippen LogP contribution in [-0.4, -0.2) is 9.97 Å². The molecule has 0 radical (unpaired) electrons. The predicted octanol–water partition coefficient (Wildman–Crippen LogP) is 7.61. The standard InChI is InChI=1S/C17H18N2.3C2H6/c1-17(2,3)13-10-8-12(9-11-13)16-18-14-6-4-5-7-15(14)19-16;3*1-2/h4-11H,1-3H3,(H,18,19);3*1-2H3. The number of hydrogen-bond donors (Lipinski definition) is 1. The van der Waals surface area contributed by atoms with Crippen LogP contribution in [0.25, 0.3) is 22.4 Å². The van der Waals surface area contributed by atoms with Crippen LogP contribution < -0.4 is 0 Å². The molecular weight excluding hydrogens is 304 g/mol. The fourth-order valence-corrected chi connectivity index (χ4v) is 2.22. The highest BCUT2D eigenvalue weighted by Gasteiger charge is 2.13. The topological polar surface area (TPSA) is 28.7 Å². The second kappa shape index (κ2) is 11.5. The lowest BCUT2D eigenvalue weighted by Crippen LogP contribution is -2.10. The van der Waals surface area contributed by atoms with Gasteiger partial charge in [-0.2, -0.15) is 0 Å². The van der Waals surface area contributed by atoms with Crippen LogP contribution in [0, 0.1) is 0 Å². The van der Waals surface area contributed by atoms with Crippen molar-refractivity contribution in [1.82, 2.24) is 9.97 Å². The molecule has 0 spiro atoms. The summed E-state index contributed by atoms with van der Waals surface area (Å²) in [6.45, 7) is 18.7. The van der Waals surface area contributed by atoms with Gasteiger partial charge in [-0.15, -0.1) is 0 Å². The van der Waals surface area contributed by atoms with Crippen molar-refractivity contribution in [2.24, 2.45) is 0 Å². The van der Waals surface area contributed by atoms with Crippen LogP contribution in [0.3, 0.4) is 0 Å². The quantitative estimate of drug-likeness (QED) is 0.485. The Hall–Kier alpha value is -2.09. The monoisotopic (exact) mass is 340 g/mol. The molecule has 2 nitrogen and oxygen atoms in total. The summed E-state index contributed by atoms with van der Waals surface area (Å²) < 4.78 is 0.